The predicted octanol–water partition coefficient (Wildman–Crippen LogP) is 4.56. The van der Waals surface area contributed by atoms with E-state index in [9.17, 15) is 0 Å². The molecule has 3 nitrogen and oxygen atoms in total. The summed E-state index contributed by atoms with van der Waals surface area (Å²) in [7, 11) is 0. The Hall–Kier alpha value is -0.670. The maximum atomic E-state index is 9.02. The number of nitrogens with zero attached hydrogens (tertiary/aromatic N) is 2. The van der Waals surface area contributed by atoms with E-state index in [2.05, 4.69) is 29.0 Å². The highest BCUT2D eigenvalue weighted by Gasteiger charge is 2.19. The predicted molar refractivity (Wildman–Crippen MR) is 96.5 cm³/mol. The molecule has 0 aromatic heterocycles. The largest absolute Gasteiger partial charge is 0.395 e. The number of hydrogen-bond donors (Lipinski definition) is 1. The lowest BCUT2D eigenvalue weighted by atomic mass is 10.1. The van der Waals surface area contributed by atoms with E-state index in [1.807, 2.05) is 6.21 Å². The van der Waals surface area contributed by atoms with E-state index in [-0.39, 0.29) is 6.61 Å². The lowest BCUT2D eigenvalue weighted by molar-refractivity contribution is 0.176. The summed E-state index contributed by atoms with van der Waals surface area (Å²) < 4.78 is 0. The van der Waals surface area contributed by atoms with E-state index in [4.69, 9.17) is 5.11 Å². The Morgan fingerprint density at radius 2 is 1.73 bits per heavy atom. The van der Waals surface area contributed by atoms with Gasteiger partial charge in [-0.25, -0.2) is 0 Å². The molecular weight excluding hydrogens is 272 g/mol. The SMILES string of the molecule is CCCC/C=C/CCCCCCCCC1N=CCN1CCO. The summed E-state index contributed by atoms with van der Waals surface area (Å²) in [5.41, 5.74) is 0. The summed E-state index contributed by atoms with van der Waals surface area (Å²) in [6, 6.07) is 0. The molecule has 22 heavy (non-hydrogen) atoms. The molecule has 0 spiro atoms. The molecule has 3 heteroatoms. The maximum Gasteiger partial charge on any atom is 0.102 e. The van der Waals surface area contributed by atoms with Crippen molar-refractivity contribution in [3.63, 3.8) is 0 Å². The van der Waals surface area contributed by atoms with Crippen molar-refractivity contribution in [2.45, 2.75) is 83.7 Å². The molecule has 0 amide bonds. The fraction of sp³-hybridized carbons (Fsp3) is 0.842. The zero-order chi connectivity index (χ0) is 15.9. The topological polar surface area (TPSA) is 35.8 Å². The standard InChI is InChI=1S/C19H36N2O/c1-2-3-4-5-6-7-8-9-10-11-12-13-14-19-20-15-16-21(19)17-18-22/h5-6,15,19,22H,2-4,7-14,16-18H2,1H3/b6-5+. The van der Waals surface area contributed by atoms with Crippen molar-refractivity contribution < 1.29 is 5.11 Å². The van der Waals surface area contributed by atoms with Gasteiger partial charge in [-0.05, 0) is 32.1 Å². The minimum Gasteiger partial charge on any atom is -0.395 e. The van der Waals surface area contributed by atoms with Crippen LogP contribution >= 0.6 is 0 Å². The molecule has 1 aliphatic heterocycles. The first-order valence-corrected chi connectivity index (χ1v) is 9.40. The van der Waals surface area contributed by atoms with Gasteiger partial charge in [0, 0.05) is 19.3 Å². The summed E-state index contributed by atoms with van der Waals surface area (Å²) in [6.07, 6.45) is 21.4. The number of hydrogen-bond acceptors (Lipinski definition) is 3. The number of rotatable bonds is 14. The van der Waals surface area contributed by atoms with Crippen LogP contribution in [0.2, 0.25) is 0 Å². The molecule has 0 aromatic rings. The van der Waals surface area contributed by atoms with Gasteiger partial charge in [0.25, 0.3) is 0 Å². The zero-order valence-electron chi connectivity index (χ0n) is 14.6. The Balaban J connectivity index is 1.85. The molecule has 1 heterocycles. The van der Waals surface area contributed by atoms with Crippen molar-refractivity contribution >= 4 is 6.21 Å². The van der Waals surface area contributed by atoms with Crippen LogP contribution in [0, 0.1) is 0 Å². The van der Waals surface area contributed by atoms with Crippen molar-refractivity contribution in [2.24, 2.45) is 4.99 Å². The van der Waals surface area contributed by atoms with E-state index in [1.54, 1.807) is 0 Å². The second-order valence-electron chi connectivity index (χ2n) is 6.34. The van der Waals surface area contributed by atoms with Gasteiger partial charge in [-0.3, -0.25) is 9.89 Å². The van der Waals surface area contributed by atoms with Crippen molar-refractivity contribution in [2.75, 3.05) is 19.7 Å². The molecular formula is C19H36N2O. The van der Waals surface area contributed by atoms with Crippen LogP contribution in [0.1, 0.15) is 77.6 Å². The highest BCUT2D eigenvalue weighted by molar-refractivity contribution is 5.62. The van der Waals surface area contributed by atoms with E-state index < -0.39 is 0 Å². The lowest BCUT2D eigenvalue weighted by Gasteiger charge is -2.21. The van der Waals surface area contributed by atoms with Gasteiger partial charge >= 0.3 is 0 Å². The maximum absolute atomic E-state index is 9.02. The Labute approximate surface area is 137 Å². The van der Waals surface area contributed by atoms with Crippen LogP contribution in [0.15, 0.2) is 17.1 Å². The summed E-state index contributed by atoms with van der Waals surface area (Å²) >= 11 is 0. The van der Waals surface area contributed by atoms with E-state index in [0.29, 0.717) is 6.17 Å². The first-order chi connectivity index (χ1) is 10.9. The summed E-state index contributed by atoms with van der Waals surface area (Å²) in [5, 5.41) is 9.02. The third-order valence-electron chi connectivity index (χ3n) is 4.38. The van der Waals surface area contributed by atoms with Crippen LogP contribution in [0.3, 0.4) is 0 Å². The van der Waals surface area contributed by atoms with Gasteiger partial charge in [0.1, 0.15) is 6.17 Å². The second-order valence-corrected chi connectivity index (χ2v) is 6.34. The Kier molecular flexibility index (Phi) is 12.3. The van der Waals surface area contributed by atoms with Crippen LogP contribution in [0.4, 0.5) is 0 Å². The average molecular weight is 309 g/mol. The van der Waals surface area contributed by atoms with E-state index >= 15 is 0 Å². The number of aliphatic hydroxyl groups is 1. The summed E-state index contributed by atoms with van der Waals surface area (Å²) in [5.74, 6) is 0. The highest BCUT2D eigenvalue weighted by Crippen LogP contribution is 2.16. The molecule has 0 saturated carbocycles. The highest BCUT2D eigenvalue weighted by atomic mass is 16.3. The number of β-amino-alcohol motifs (C(OH)–C–C–N with tert-alkyl or cyclic N) is 1. The van der Waals surface area contributed by atoms with Gasteiger partial charge < -0.3 is 5.11 Å². The molecule has 1 N–H and O–H groups in total. The Morgan fingerprint density at radius 3 is 2.45 bits per heavy atom. The molecule has 0 bridgehead atoms. The first-order valence-electron chi connectivity index (χ1n) is 9.40. The molecule has 0 radical (unpaired) electrons. The fourth-order valence-corrected chi connectivity index (χ4v) is 2.97. The molecule has 1 rings (SSSR count). The van der Waals surface area contributed by atoms with Crippen molar-refractivity contribution in [1.29, 1.82) is 0 Å². The van der Waals surface area contributed by atoms with E-state index in [0.717, 1.165) is 19.5 Å². The van der Waals surface area contributed by atoms with E-state index in [1.165, 1.54) is 64.2 Å². The molecule has 0 saturated heterocycles. The molecule has 0 fully saturated rings. The smallest absolute Gasteiger partial charge is 0.102 e. The van der Waals surface area contributed by atoms with Crippen molar-refractivity contribution in [3.05, 3.63) is 12.2 Å². The molecule has 1 atom stereocenters. The summed E-state index contributed by atoms with van der Waals surface area (Å²) in [6.45, 7) is 4.16. The average Bonchev–Trinajstić information content (AvgIpc) is 2.96. The van der Waals surface area contributed by atoms with Crippen LogP contribution in [0.25, 0.3) is 0 Å². The quantitative estimate of drug-likeness (QED) is 0.377. The lowest BCUT2D eigenvalue weighted by Crippen LogP contribution is -2.32. The van der Waals surface area contributed by atoms with Gasteiger partial charge in [0.05, 0.1) is 6.61 Å². The third kappa shape index (κ3) is 9.37. The van der Waals surface area contributed by atoms with Gasteiger partial charge in [0.15, 0.2) is 0 Å². The number of allylic oxidation sites excluding steroid dienone is 2. The Morgan fingerprint density at radius 1 is 1.05 bits per heavy atom. The van der Waals surface area contributed by atoms with Gasteiger partial charge in [-0.15, -0.1) is 0 Å². The number of unbranched alkanes of at least 4 members (excludes halogenated alkanes) is 8. The molecule has 128 valence electrons. The van der Waals surface area contributed by atoms with Gasteiger partial charge in [0.2, 0.25) is 0 Å². The number of aliphatic imine (C=N–C) groups is 1. The number of aliphatic hydroxyl groups excluding tert-OH is 1. The van der Waals surface area contributed by atoms with Crippen LogP contribution < -0.4 is 0 Å². The molecule has 1 unspecified atom stereocenters. The van der Waals surface area contributed by atoms with Gasteiger partial charge in [-0.1, -0.05) is 57.6 Å². The minimum absolute atomic E-state index is 0.243. The van der Waals surface area contributed by atoms with Crippen LogP contribution in [-0.2, 0) is 0 Å². The summed E-state index contributed by atoms with van der Waals surface area (Å²) in [4.78, 5) is 6.78. The molecule has 0 aliphatic carbocycles. The fourth-order valence-electron chi connectivity index (χ4n) is 2.97. The Bertz CT molecular complexity index is 302. The molecule has 0 aromatic carbocycles. The van der Waals surface area contributed by atoms with Crippen LogP contribution in [-0.4, -0.2) is 42.1 Å². The van der Waals surface area contributed by atoms with Crippen LogP contribution in [0.5, 0.6) is 0 Å². The zero-order valence-corrected chi connectivity index (χ0v) is 14.6. The second kappa shape index (κ2) is 14.0. The minimum atomic E-state index is 0.243. The van der Waals surface area contributed by atoms with Crippen molar-refractivity contribution in [3.8, 4) is 0 Å². The molecule has 1 aliphatic rings. The third-order valence-corrected chi connectivity index (χ3v) is 4.38. The normalized spacial score (nSPS) is 18.7. The first kappa shape index (κ1) is 19.4. The van der Waals surface area contributed by atoms with Crippen molar-refractivity contribution in [1.82, 2.24) is 4.90 Å². The van der Waals surface area contributed by atoms with Gasteiger partial charge in [-0.2, -0.15) is 0 Å². The monoisotopic (exact) mass is 308 g/mol.